The molecule has 144 valence electrons. The Hall–Kier alpha value is -2.38. The number of benzene rings is 1. The summed E-state index contributed by atoms with van der Waals surface area (Å²) in [6.07, 6.45) is 4.94. The molecular formula is C19H24ClN5O2. The van der Waals surface area contributed by atoms with E-state index in [2.05, 4.69) is 15.3 Å². The number of nitrogens with one attached hydrogen (secondary N) is 1. The average molecular weight is 390 g/mol. The topological polar surface area (TPSA) is 70.5 Å². The summed E-state index contributed by atoms with van der Waals surface area (Å²) in [7, 11) is 0. The molecule has 0 atom stereocenters. The van der Waals surface area contributed by atoms with Gasteiger partial charge in [0, 0.05) is 51.5 Å². The highest BCUT2D eigenvalue weighted by Gasteiger charge is 2.22. The van der Waals surface area contributed by atoms with E-state index >= 15 is 0 Å². The number of carbonyl (C=O) groups is 2. The first kappa shape index (κ1) is 19.4. The van der Waals surface area contributed by atoms with Gasteiger partial charge < -0.3 is 10.2 Å². The molecule has 8 heteroatoms. The Morgan fingerprint density at radius 2 is 1.89 bits per heavy atom. The fourth-order valence-corrected chi connectivity index (χ4v) is 3.28. The summed E-state index contributed by atoms with van der Waals surface area (Å²) >= 11 is 6.06. The van der Waals surface area contributed by atoms with E-state index in [0.717, 1.165) is 13.0 Å². The lowest BCUT2D eigenvalue weighted by molar-refractivity contribution is -0.133. The second-order valence-corrected chi connectivity index (χ2v) is 6.96. The third-order valence-electron chi connectivity index (χ3n) is 4.58. The Morgan fingerprint density at radius 1 is 1.11 bits per heavy atom. The summed E-state index contributed by atoms with van der Waals surface area (Å²) in [6.45, 7) is 3.75. The number of piperazine rings is 1. The van der Waals surface area contributed by atoms with E-state index in [9.17, 15) is 9.59 Å². The van der Waals surface area contributed by atoms with E-state index < -0.39 is 0 Å². The quantitative estimate of drug-likeness (QED) is 0.787. The van der Waals surface area contributed by atoms with Crippen molar-refractivity contribution in [1.29, 1.82) is 0 Å². The summed E-state index contributed by atoms with van der Waals surface area (Å²) in [5, 5.41) is 7.49. The van der Waals surface area contributed by atoms with Crippen LogP contribution in [0, 0.1) is 0 Å². The largest absolute Gasteiger partial charge is 0.340 e. The number of para-hydroxylation sites is 1. The summed E-state index contributed by atoms with van der Waals surface area (Å²) < 4.78 is 1.84. The van der Waals surface area contributed by atoms with E-state index in [1.807, 2.05) is 34.0 Å². The minimum Gasteiger partial charge on any atom is -0.340 e. The van der Waals surface area contributed by atoms with Crippen molar-refractivity contribution in [3.05, 3.63) is 47.7 Å². The molecule has 0 radical (unpaired) electrons. The maximum absolute atomic E-state index is 12.3. The predicted octanol–water partition coefficient (Wildman–Crippen LogP) is 2.10. The molecule has 0 bridgehead atoms. The molecule has 2 amide bonds. The number of hydrogen-bond acceptors (Lipinski definition) is 4. The second kappa shape index (κ2) is 9.53. The highest BCUT2D eigenvalue weighted by atomic mass is 35.5. The van der Waals surface area contributed by atoms with E-state index in [0.29, 0.717) is 49.9 Å². The van der Waals surface area contributed by atoms with Crippen LogP contribution in [0.5, 0.6) is 0 Å². The normalized spacial score (nSPS) is 14.9. The molecule has 0 spiro atoms. The van der Waals surface area contributed by atoms with Gasteiger partial charge in [-0.15, -0.1) is 0 Å². The van der Waals surface area contributed by atoms with E-state index in [-0.39, 0.29) is 11.8 Å². The Bertz CT molecular complexity index is 757. The molecule has 1 aromatic carbocycles. The van der Waals surface area contributed by atoms with Gasteiger partial charge in [-0.25, -0.2) is 0 Å². The van der Waals surface area contributed by atoms with Crippen LogP contribution in [0.2, 0.25) is 5.02 Å². The van der Waals surface area contributed by atoms with Crippen molar-refractivity contribution in [2.75, 3.05) is 38.0 Å². The SMILES string of the molecule is O=C(CN1CCN(C(=O)CCCn2cccn2)CC1)Nc1ccccc1Cl. The highest BCUT2D eigenvalue weighted by molar-refractivity contribution is 6.33. The van der Waals surface area contributed by atoms with Crippen molar-refractivity contribution >= 4 is 29.1 Å². The number of rotatable bonds is 7. The zero-order valence-corrected chi connectivity index (χ0v) is 15.9. The molecule has 1 aliphatic heterocycles. The number of aromatic nitrogens is 2. The van der Waals surface area contributed by atoms with E-state index in [1.165, 1.54) is 0 Å². The summed E-state index contributed by atoms with van der Waals surface area (Å²) in [6, 6.07) is 9.05. The molecule has 1 aromatic heterocycles. The third-order valence-corrected chi connectivity index (χ3v) is 4.91. The molecule has 1 N–H and O–H groups in total. The van der Waals surface area contributed by atoms with Crippen LogP contribution in [0.1, 0.15) is 12.8 Å². The lowest BCUT2D eigenvalue weighted by Gasteiger charge is -2.34. The molecule has 1 aliphatic rings. The molecule has 7 nitrogen and oxygen atoms in total. The number of hydrogen-bond donors (Lipinski definition) is 1. The summed E-state index contributed by atoms with van der Waals surface area (Å²) in [5.74, 6) is 0.0735. The van der Waals surface area contributed by atoms with Crippen molar-refractivity contribution in [2.45, 2.75) is 19.4 Å². The standard InChI is InChI=1S/C19H24ClN5O2/c20-16-5-1-2-6-17(16)22-18(26)15-23-11-13-24(14-12-23)19(27)7-3-9-25-10-4-8-21-25/h1-2,4-6,8,10H,3,7,9,11-15H2,(H,22,26). The van der Waals surface area contributed by atoms with Crippen LogP contribution in [-0.2, 0) is 16.1 Å². The van der Waals surface area contributed by atoms with Crippen LogP contribution in [0.4, 0.5) is 5.69 Å². The Labute approximate surface area is 163 Å². The van der Waals surface area contributed by atoms with Gasteiger partial charge in [0.25, 0.3) is 0 Å². The van der Waals surface area contributed by atoms with Crippen molar-refractivity contribution in [3.63, 3.8) is 0 Å². The van der Waals surface area contributed by atoms with Gasteiger partial charge in [0.05, 0.1) is 17.3 Å². The van der Waals surface area contributed by atoms with Gasteiger partial charge in [0.1, 0.15) is 0 Å². The zero-order valence-electron chi connectivity index (χ0n) is 15.2. The molecule has 0 aliphatic carbocycles. The second-order valence-electron chi connectivity index (χ2n) is 6.56. The number of amides is 2. The van der Waals surface area contributed by atoms with Crippen LogP contribution in [0.15, 0.2) is 42.7 Å². The van der Waals surface area contributed by atoms with Crippen LogP contribution in [0.3, 0.4) is 0 Å². The lowest BCUT2D eigenvalue weighted by Crippen LogP contribution is -2.50. The number of anilines is 1. The first-order valence-corrected chi connectivity index (χ1v) is 9.51. The van der Waals surface area contributed by atoms with Gasteiger partial charge in [0.15, 0.2) is 0 Å². The zero-order chi connectivity index (χ0) is 19.1. The minimum absolute atomic E-state index is 0.0953. The monoisotopic (exact) mass is 389 g/mol. The van der Waals surface area contributed by atoms with Gasteiger partial charge in [-0.2, -0.15) is 5.10 Å². The molecule has 1 saturated heterocycles. The molecule has 3 rings (SSSR count). The smallest absolute Gasteiger partial charge is 0.238 e. The maximum Gasteiger partial charge on any atom is 0.238 e. The van der Waals surface area contributed by atoms with Gasteiger partial charge >= 0.3 is 0 Å². The number of carbonyl (C=O) groups excluding carboxylic acids is 2. The molecule has 27 heavy (non-hydrogen) atoms. The van der Waals surface area contributed by atoms with Crippen molar-refractivity contribution in [3.8, 4) is 0 Å². The molecule has 1 fully saturated rings. The minimum atomic E-state index is -0.0953. The first-order chi connectivity index (χ1) is 13.1. The summed E-state index contributed by atoms with van der Waals surface area (Å²) in [5.41, 5.74) is 0.621. The van der Waals surface area contributed by atoms with Gasteiger partial charge in [-0.05, 0) is 24.6 Å². The third kappa shape index (κ3) is 5.80. The van der Waals surface area contributed by atoms with Gasteiger partial charge in [0.2, 0.25) is 11.8 Å². The maximum atomic E-state index is 12.3. The van der Waals surface area contributed by atoms with Crippen molar-refractivity contribution < 1.29 is 9.59 Å². The highest BCUT2D eigenvalue weighted by Crippen LogP contribution is 2.20. The average Bonchev–Trinajstić information content (AvgIpc) is 3.17. The summed E-state index contributed by atoms with van der Waals surface area (Å²) in [4.78, 5) is 28.5. The van der Waals surface area contributed by atoms with E-state index in [4.69, 9.17) is 11.6 Å². The molecule has 2 heterocycles. The fourth-order valence-electron chi connectivity index (χ4n) is 3.09. The van der Waals surface area contributed by atoms with Gasteiger partial charge in [-0.3, -0.25) is 19.2 Å². The lowest BCUT2D eigenvalue weighted by atomic mass is 10.2. The Balaban J connectivity index is 1.36. The van der Waals surface area contributed by atoms with Crippen LogP contribution >= 0.6 is 11.6 Å². The number of aryl methyl sites for hydroxylation is 1. The molecule has 0 unspecified atom stereocenters. The Kier molecular flexibility index (Phi) is 6.84. The van der Waals surface area contributed by atoms with Gasteiger partial charge in [-0.1, -0.05) is 23.7 Å². The van der Waals surface area contributed by atoms with Crippen molar-refractivity contribution in [1.82, 2.24) is 19.6 Å². The number of halogens is 1. The van der Waals surface area contributed by atoms with Crippen LogP contribution in [0.25, 0.3) is 0 Å². The predicted molar refractivity (Wildman–Crippen MR) is 105 cm³/mol. The Morgan fingerprint density at radius 3 is 2.59 bits per heavy atom. The van der Waals surface area contributed by atoms with E-state index in [1.54, 1.807) is 18.3 Å². The van der Waals surface area contributed by atoms with Crippen molar-refractivity contribution in [2.24, 2.45) is 0 Å². The van der Waals surface area contributed by atoms with Crippen LogP contribution in [-0.4, -0.2) is 64.1 Å². The fraction of sp³-hybridized carbons (Fsp3) is 0.421. The van der Waals surface area contributed by atoms with Crippen LogP contribution < -0.4 is 5.32 Å². The molecule has 2 aromatic rings. The first-order valence-electron chi connectivity index (χ1n) is 9.14. The molecule has 0 saturated carbocycles. The number of nitrogens with zero attached hydrogens (tertiary/aromatic N) is 4. The molecular weight excluding hydrogens is 366 g/mol.